The van der Waals surface area contributed by atoms with Crippen molar-refractivity contribution in [3.8, 4) is 0 Å². The smallest absolute Gasteiger partial charge is 0.193 e. The zero-order valence-electron chi connectivity index (χ0n) is 19.3. The van der Waals surface area contributed by atoms with Crippen LogP contribution in [0.2, 0.25) is 0 Å². The number of hydrogen-bond acceptors (Lipinski definition) is 3. The molecule has 2 aromatic rings. The fourth-order valence-corrected chi connectivity index (χ4v) is 5.11. The van der Waals surface area contributed by atoms with E-state index in [-0.39, 0.29) is 0 Å². The van der Waals surface area contributed by atoms with E-state index in [4.69, 9.17) is 4.99 Å². The first-order valence-corrected chi connectivity index (χ1v) is 12.3. The summed E-state index contributed by atoms with van der Waals surface area (Å²) in [6.45, 7) is 9.47. The Labute approximate surface area is 187 Å². The average molecular weight is 423 g/mol. The summed E-state index contributed by atoms with van der Waals surface area (Å²) in [6, 6.07) is 11.0. The highest BCUT2D eigenvalue weighted by molar-refractivity contribution is 5.80. The monoisotopic (exact) mass is 422 g/mol. The first-order valence-electron chi connectivity index (χ1n) is 12.3. The van der Waals surface area contributed by atoms with Gasteiger partial charge in [0.05, 0.1) is 0 Å². The van der Waals surface area contributed by atoms with E-state index >= 15 is 0 Å². The number of aryl methyl sites for hydroxylation is 2. The van der Waals surface area contributed by atoms with E-state index in [0.29, 0.717) is 11.8 Å². The number of aliphatic imine (C=N–C) groups is 1. The molecule has 1 fully saturated rings. The SMILES string of the molecule is CCNC(=NCCCc1nnc2n1CCCCC2)N1CCC(c2ccccc2)C(C)C1. The Morgan fingerprint density at radius 3 is 2.81 bits per heavy atom. The molecule has 2 aliphatic rings. The molecule has 0 bridgehead atoms. The van der Waals surface area contributed by atoms with E-state index in [0.717, 1.165) is 63.8 Å². The molecule has 31 heavy (non-hydrogen) atoms. The zero-order valence-corrected chi connectivity index (χ0v) is 19.3. The van der Waals surface area contributed by atoms with Crippen LogP contribution in [0.1, 0.15) is 69.1 Å². The molecule has 6 heteroatoms. The minimum Gasteiger partial charge on any atom is -0.357 e. The van der Waals surface area contributed by atoms with E-state index < -0.39 is 0 Å². The van der Waals surface area contributed by atoms with Gasteiger partial charge in [-0.1, -0.05) is 43.7 Å². The fraction of sp³-hybridized carbons (Fsp3) is 0.640. The number of nitrogens with one attached hydrogen (secondary N) is 1. The van der Waals surface area contributed by atoms with Crippen molar-refractivity contribution in [3.05, 3.63) is 47.5 Å². The van der Waals surface area contributed by atoms with Gasteiger partial charge in [0.25, 0.3) is 0 Å². The maximum Gasteiger partial charge on any atom is 0.193 e. The third-order valence-corrected chi connectivity index (χ3v) is 6.77. The molecule has 2 atom stereocenters. The minimum atomic E-state index is 0.617. The van der Waals surface area contributed by atoms with Crippen LogP contribution in [0.3, 0.4) is 0 Å². The van der Waals surface area contributed by atoms with E-state index in [1.54, 1.807) is 0 Å². The summed E-state index contributed by atoms with van der Waals surface area (Å²) in [5.74, 6) is 4.66. The summed E-state index contributed by atoms with van der Waals surface area (Å²) in [5.41, 5.74) is 1.48. The second kappa shape index (κ2) is 10.8. The molecular formula is C25H38N6. The Kier molecular flexibility index (Phi) is 7.60. The molecule has 0 aliphatic carbocycles. The molecule has 1 N–H and O–H groups in total. The highest BCUT2D eigenvalue weighted by atomic mass is 15.3. The van der Waals surface area contributed by atoms with Gasteiger partial charge in [-0.05, 0) is 50.0 Å². The number of fused-ring (bicyclic) bond motifs is 1. The standard InChI is InChI=1S/C25H38N6/c1-3-26-25(30-18-15-22(20(2)19-30)21-11-6-4-7-12-21)27-16-10-14-24-29-28-23-13-8-5-9-17-31(23)24/h4,6-7,11-12,20,22H,3,5,8-10,13-19H2,1-2H3,(H,26,27). The van der Waals surface area contributed by atoms with Gasteiger partial charge in [-0.15, -0.1) is 10.2 Å². The van der Waals surface area contributed by atoms with Crippen LogP contribution in [0.15, 0.2) is 35.3 Å². The van der Waals surface area contributed by atoms with Crippen LogP contribution in [0, 0.1) is 5.92 Å². The second-order valence-electron chi connectivity index (χ2n) is 9.06. The highest BCUT2D eigenvalue weighted by Crippen LogP contribution is 2.32. The fourth-order valence-electron chi connectivity index (χ4n) is 5.11. The summed E-state index contributed by atoms with van der Waals surface area (Å²) in [7, 11) is 0. The van der Waals surface area contributed by atoms with Gasteiger partial charge in [0.1, 0.15) is 11.6 Å². The molecule has 0 amide bonds. The summed E-state index contributed by atoms with van der Waals surface area (Å²) >= 11 is 0. The Morgan fingerprint density at radius 2 is 2.00 bits per heavy atom. The van der Waals surface area contributed by atoms with Gasteiger partial charge in [0, 0.05) is 45.6 Å². The Balaban J connectivity index is 1.32. The van der Waals surface area contributed by atoms with Crippen molar-refractivity contribution in [1.29, 1.82) is 0 Å². The number of aromatic nitrogens is 3. The first-order chi connectivity index (χ1) is 15.3. The van der Waals surface area contributed by atoms with E-state index in [2.05, 4.69) is 69.2 Å². The molecule has 4 rings (SSSR count). The van der Waals surface area contributed by atoms with Crippen LogP contribution in [0.5, 0.6) is 0 Å². The molecule has 1 aromatic heterocycles. The molecule has 0 spiro atoms. The molecular weight excluding hydrogens is 384 g/mol. The number of piperidine rings is 1. The van der Waals surface area contributed by atoms with E-state index in [1.165, 1.54) is 37.1 Å². The molecule has 0 radical (unpaired) electrons. The largest absolute Gasteiger partial charge is 0.357 e. The van der Waals surface area contributed by atoms with Gasteiger partial charge in [0.2, 0.25) is 0 Å². The Bertz CT molecular complexity index is 843. The van der Waals surface area contributed by atoms with Gasteiger partial charge in [-0.25, -0.2) is 0 Å². The molecule has 3 heterocycles. The molecule has 6 nitrogen and oxygen atoms in total. The van der Waals surface area contributed by atoms with Crippen LogP contribution in [-0.4, -0.2) is 51.8 Å². The average Bonchev–Trinajstić information content (AvgIpc) is 3.02. The molecule has 2 unspecified atom stereocenters. The van der Waals surface area contributed by atoms with Gasteiger partial charge in [0.15, 0.2) is 5.96 Å². The number of rotatable bonds is 6. The topological polar surface area (TPSA) is 58.3 Å². The lowest BCUT2D eigenvalue weighted by molar-refractivity contribution is 0.234. The van der Waals surface area contributed by atoms with Crippen LogP contribution in [0.4, 0.5) is 0 Å². The van der Waals surface area contributed by atoms with Gasteiger partial charge >= 0.3 is 0 Å². The Morgan fingerprint density at radius 1 is 1.13 bits per heavy atom. The lowest BCUT2D eigenvalue weighted by atomic mass is 9.82. The molecule has 1 saturated heterocycles. The Hall–Kier alpha value is -2.37. The summed E-state index contributed by atoms with van der Waals surface area (Å²) in [4.78, 5) is 7.43. The van der Waals surface area contributed by atoms with Crippen molar-refractivity contribution in [2.75, 3.05) is 26.2 Å². The van der Waals surface area contributed by atoms with Crippen molar-refractivity contribution in [2.24, 2.45) is 10.9 Å². The maximum absolute atomic E-state index is 4.97. The lowest BCUT2D eigenvalue weighted by Crippen LogP contribution is -2.48. The van der Waals surface area contributed by atoms with Crippen LogP contribution < -0.4 is 5.32 Å². The summed E-state index contributed by atoms with van der Waals surface area (Å²) in [6.07, 6.45) is 8.03. The van der Waals surface area contributed by atoms with Crippen molar-refractivity contribution in [3.63, 3.8) is 0 Å². The number of benzene rings is 1. The van der Waals surface area contributed by atoms with Gasteiger partial charge < -0.3 is 14.8 Å². The van der Waals surface area contributed by atoms with Crippen molar-refractivity contribution in [2.45, 2.75) is 71.3 Å². The van der Waals surface area contributed by atoms with Crippen molar-refractivity contribution in [1.82, 2.24) is 25.0 Å². The number of nitrogens with zero attached hydrogens (tertiary/aromatic N) is 5. The molecule has 2 aliphatic heterocycles. The summed E-state index contributed by atoms with van der Waals surface area (Å²) in [5, 5.41) is 12.4. The van der Waals surface area contributed by atoms with Gasteiger partial charge in [-0.3, -0.25) is 4.99 Å². The van der Waals surface area contributed by atoms with Crippen molar-refractivity contribution >= 4 is 5.96 Å². The first kappa shape index (κ1) is 21.8. The van der Waals surface area contributed by atoms with E-state index in [9.17, 15) is 0 Å². The number of guanidine groups is 1. The van der Waals surface area contributed by atoms with Gasteiger partial charge in [-0.2, -0.15) is 0 Å². The summed E-state index contributed by atoms with van der Waals surface area (Å²) < 4.78 is 2.36. The van der Waals surface area contributed by atoms with Crippen LogP contribution >= 0.6 is 0 Å². The highest BCUT2D eigenvalue weighted by Gasteiger charge is 2.28. The van der Waals surface area contributed by atoms with Crippen molar-refractivity contribution < 1.29 is 0 Å². The number of hydrogen-bond donors (Lipinski definition) is 1. The second-order valence-corrected chi connectivity index (χ2v) is 9.06. The normalized spacial score (nSPS) is 22.1. The van der Waals surface area contributed by atoms with Crippen LogP contribution in [-0.2, 0) is 19.4 Å². The lowest BCUT2D eigenvalue weighted by Gasteiger charge is -2.39. The number of likely N-dealkylation sites (tertiary alicyclic amines) is 1. The quantitative estimate of drug-likeness (QED) is 0.434. The van der Waals surface area contributed by atoms with E-state index in [1.807, 2.05) is 0 Å². The molecule has 0 saturated carbocycles. The molecule has 1 aromatic carbocycles. The zero-order chi connectivity index (χ0) is 21.5. The maximum atomic E-state index is 4.97. The van der Waals surface area contributed by atoms with Crippen LogP contribution in [0.25, 0.3) is 0 Å². The third-order valence-electron chi connectivity index (χ3n) is 6.77. The molecule has 168 valence electrons. The third kappa shape index (κ3) is 5.46. The predicted octanol–water partition coefficient (Wildman–Crippen LogP) is 4.03. The minimum absolute atomic E-state index is 0.617. The predicted molar refractivity (Wildman–Crippen MR) is 126 cm³/mol.